The van der Waals surface area contributed by atoms with Gasteiger partial charge in [-0.3, -0.25) is 4.79 Å². The van der Waals surface area contributed by atoms with E-state index in [9.17, 15) is 9.59 Å². The summed E-state index contributed by atoms with van der Waals surface area (Å²) in [7, 11) is 0. The van der Waals surface area contributed by atoms with Gasteiger partial charge in [0.2, 0.25) is 5.91 Å². The normalized spacial score (nSPS) is 11.6. The summed E-state index contributed by atoms with van der Waals surface area (Å²) in [6, 6.07) is 8.44. The third kappa shape index (κ3) is 5.06. The van der Waals surface area contributed by atoms with Crippen molar-refractivity contribution in [2.24, 2.45) is 0 Å². The number of aromatic nitrogens is 2. The predicted octanol–water partition coefficient (Wildman–Crippen LogP) is 3.08. The molecule has 7 heteroatoms. The number of hydrogen-bond acceptors (Lipinski definition) is 6. The number of hydrogen-bond donors (Lipinski definition) is 1. The fourth-order valence-electron chi connectivity index (χ4n) is 1.88. The molecule has 1 aromatic carbocycles. The van der Waals surface area contributed by atoms with Crippen molar-refractivity contribution in [1.29, 1.82) is 0 Å². The van der Waals surface area contributed by atoms with Crippen LogP contribution in [0.25, 0.3) is 0 Å². The van der Waals surface area contributed by atoms with Gasteiger partial charge in [-0.05, 0) is 51.1 Å². The van der Waals surface area contributed by atoms with Crippen LogP contribution in [0, 0.1) is 6.92 Å². The van der Waals surface area contributed by atoms with E-state index < -0.39 is 0 Å². The van der Waals surface area contributed by atoms with E-state index in [4.69, 9.17) is 4.74 Å². The summed E-state index contributed by atoms with van der Waals surface area (Å²) in [4.78, 5) is 32.0. The molecule has 0 fully saturated rings. The van der Waals surface area contributed by atoms with Crippen LogP contribution in [-0.2, 0) is 9.53 Å². The Morgan fingerprint density at radius 3 is 2.58 bits per heavy atom. The minimum atomic E-state index is -0.376. The van der Waals surface area contributed by atoms with Crippen LogP contribution in [0.4, 0.5) is 5.69 Å². The van der Waals surface area contributed by atoms with Gasteiger partial charge in [-0.15, -0.1) is 0 Å². The van der Waals surface area contributed by atoms with Gasteiger partial charge in [0, 0.05) is 11.4 Å². The van der Waals surface area contributed by atoms with Crippen molar-refractivity contribution in [3.63, 3.8) is 0 Å². The van der Waals surface area contributed by atoms with Crippen molar-refractivity contribution in [2.45, 2.75) is 31.0 Å². The van der Waals surface area contributed by atoms with Crippen LogP contribution in [0.2, 0.25) is 0 Å². The smallest absolute Gasteiger partial charge is 0.338 e. The highest BCUT2D eigenvalue weighted by Crippen LogP contribution is 2.22. The number of nitrogens with one attached hydrogen (secondary N) is 1. The lowest BCUT2D eigenvalue weighted by Gasteiger charge is -2.12. The average molecular weight is 345 g/mol. The zero-order valence-corrected chi connectivity index (χ0v) is 14.6. The zero-order valence-electron chi connectivity index (χ0n) is 13.8. The number of esters is 1. The maximum Gasteiger partial charge on any atom is 0.338 e. The van der Waals surface area contributed by atoms with E-state index in [1.807, 2.05) is 19.9 Å². The van der Waals surface area contributed by atoms with Crippen LogP contribution in [0.5, 0.6) is 0 Å². The Bertz CT molecular complexity index is 719. The molecule has 1 heterocycles. The summed E-state index contributed by atoms with van der Waals surface area (Å²) in [5, 5.41) is 3.26. The highest BCUT2D eigenvalue weighted by Gasteiger charge is 2.16. The molecule has 0 aliphatic rings. The largest absolute Gasteiger partial charge is 0.462 e. The Morgan fingerprint density at radius 2 is 1.96 bits per heavy atom. The van der Waals surface area contributed by atoms with Gasteiger partial charge in [-0.2, -0.15) is 0 Å². The molecule has 0 aliphatic carbocycles. The first-order chi connectivity index (χ1) is 11.5. The number of ether oxygens (including phenoxy) is 1. The maximum atomic E-state index is 12.3. The summed E-state index contributed by atoms with van der Waals surface area (Å²) in [6.45, 7) is 5.77. The summed E-state index contributed by atoms with van der Waals surface area (Å²) >= 11 is 1.36. The van der Waals surface area contributed by atoms with Crippen LogP contribution in [0.15, 0.2) is 41.7 Å². The van der Waals surface area contributed by atoms with Crippen LogP contribution >= 0.6 is 11.8 Å². The molecule has 0 saturated carbocycles. The fraction of sp³-hybridized carbons (Fsp3) is 0.294. The number of carbonyl (C=O) groups is 2. The van der Waals surface area contributed by atoms with Gasteiger partial charge in [0.1, 0.15) is 11.4 Å². The number of thioether (sulfide) groups is 1. The van der Waals surface area contributed by atoms with E-state index >= 15 is 0 Å². The minimum absolute atomic E-state index is 0.139. The molecular formula is C17H19N3O3S. The summed E-state index contributed by atoms with van der Waals surface area (Å²) in [6.07, 6.45) is 1.48. The number of amides is 1. The standard InChI is InChI=1S/C17H19N3O3S/c1-4-23-17(22)13-5-7-14(8-6-13)20-16(21)12(3)24-15-9-11(2)18-10-19-15/h5-10,12H,4H2,1-3H3,(H,20,21). The van der Waals surface area contributed by atoms with Gasteiger partial charge >= 0.3 is 5.97 Å². The fourth-order valence-corrected chi connectivity index (χ4v) is 2.75. The predicted molar refractivity (Wildman–Crippen MR) is 93.1 cm³/mol. The van der Waals surface area contributed by atoms with Crippen LogP contribution < -0.4 is 5.32 Å². The van der Waals surface area contributed by atoms with Crippen LogP contribution in [0.1, 0.15) is 29.9 Å². The first-order valence-corrected chi connectivity index (χ1v) is 8.41. The van der Waals surface area contributed by atoms with Gasteiger partial charge in [-0.25, -0.2) is 14.8 Å². The summed E-state index contributed by atoms with van der Waals surface area (Å²) in [5.74, 6) is -0.515. The minimum Gasteiger partial charge on any atom is -0.462 e. The maximum absolute atomic E-state index is 12.3. The number of anilines is 1. The van der Waals surface area contributed by atoms with E-state index in [1.165, 1.54) is 18.1 Å². The van der Waals surface area contributed by atoms with Crippen molar-refractivity contribution in [2.75, 3.05) is 11.9 Å². The molecule has 126 valence electrons. The molecule has 24 heavy (non-hydrogen) atoms. The van der Waals surface area contributed by atoms with Crippen molar-refractivity contribution in [3.05, 3.63) is 47.9 Å². The Labute approximate surface area is 145 Å². The third-order valence-corrected chi connectivity index (χ3v) is 4.14. The lowest BCUT2D eigenvalue weighted by molar-refractivity contribution is -0.115. The second-order valence-electron chi connectivity index (χ2n) is 5.04. The number of carbonyl (C=O) groups excluding carboxylic acids is 2. The molecule has 1 aromatic heterocycles. The molecule has 6 nitrogen and oxygen atoms in total. The molecule has 0 bridgehead atoms. The molecule has 1 atom stereocenters. The Kier molecular flexibility index (Phi) is 6.31. The van der Waals surface area contributed by atoms with Crippen molar-refractivity contribution >= 4 is 29.3 Å². The topological polar surface area (TPSA) is 81.2 Å². The average Bonchev–Trinajstić information content (AvgIpc) is 2.55. The quantitative estimate of drug-likeness (QED) is 0.492. The van der Waals surface area contributed by atoms with Crippen molar-refractivity contribution in [3.8, 4) is 0 Å². The van der Waals surface area contributed by atoms with Gasteiger partial charge in [-0.1, -0.05) is 11.8 Å². The zero-order chi connectivity index (χ0) is 17.5. The molecule has 2 rings (SSSR count). The Hall–Kier alpha value is -2.41. The molecule has 0 aliphatic heterocycles. The molecule has 0 radical (unpaired) electrons. The SMILES string of the molecule is CCOC(=O)c1ccc(NC(=O)C(C)Sc2cc(C)ncn2)cc1. The first-order valence-electron chi connectivity index (χ1n) is 7.53. The van der Waals surface area contributed by atoms with E-state index in [0.29, 0.717) is 17.9 Å². The van der Waals surface area contributed by atoms with Gasteiger partial charge in [0.05, 0.1) is 17.4 Å². The molecule has 1 unspecified atom stereocenters. The molecule has 1 N–H and O–H groups in total. The van der Waals surface area contributed by atoms with Crippen molar-refractivity contribution in [1.82, 2.24) is 9.97 Å². The Morgan fingerprint density at radius 1 is 1.25 bits per heavy atom. The number of benzene rings is 1. The van der Waals surface area contributed by atoms with Gasteiger partial charge < -0.3 is 10.1 Å². The molecule has 0 saturated heterocycles. The number of rotatable bonds is 6. The third-order valence-electron chi connectivity index (χ3n) is 3.11. The number of aryl methyl sites for hydroxylation is 1. The highest BCUT2D eigenvalue weighted by molar-refractivity contribution is 8.00. The lowest BCUT2D eigenvalue weighted by atomic mass is 10.2. The second kappa shape index (κ2) is 8.44. The summed E-state index contributed by atoms with van der Waals surface area (Å²) < 4.78 is 4.92. The van der Waals surface area contributed by atoms with Gasteiger partial charge in [0.25, 0.3) is 0 Å². The monoisotopic (exact) mass is 345 g/mol. The molecule has 2 aromatic rings. The molecule has 0 spiro atoms. The highest BCUT2D eigenvalue weighted by atomic mass is 32.2. The first kappa shape index (κ1) is 17.9. The van der Waals surface area contributed by atoms with Crippen LogP contribution in [-0.4, -0.2) is 33.7 Å². The second-order valence-corrected chi connectivity index (χ2v) is 6.41. The van der Waals surface area contributed by atoms with E-state index in [1.54, 1.807) is 31.2 Å². The lowest BCUT2D eigenvalue weighted by Crippen LogP contribution is -2.22. The van der Waals surface area contributed by atoms with Crippen molar-refractivity contribution < 1.29 is 14.3 Å². The molecular weight excluding hydrogens is 326 g/mol. The van der Waals surface area contributed by atoms with Gasteiger partial charge in [0.15, 0.2) is 0 Å². The van der Waals surface area contributed by atoms with E-state index in [0.717, 1.165) is 10.7 Å². The molecule has 1 amide bonds. The van der Waals surface area contributed by atoms with E-state index in [-0.39, 0.29) is 17.1 Å². The Balaban J connectivity index is 1.94. The number of nitrogens with zero attached hydrogens (tertiary/aromatic N) is 2. The van der Waals surface area contributed by atoms with Crippen LogP contribution in [0.3, 0.4) is 0 Å². The van der Waals surface area contributed by atoms with E-state index in [2.05, 4.69) is 15.3 Å². The summed E-state index contributed by atoms with van der Waals surface area (Å²) in [5.41, 5.74) is 1.93.